The predicted molar refractivity (Wildman–Crippen MR) is 57.3 cm³/mol. The fourth-order valence-corrected chi connectivity index (χ4v) is 1.21. The molecule has 0 saturated carbocycles. The molecule has 1 nitrogen and oxygen atoms in total. The van der Waals surface area contributed by atoms with Crippen LogP contribution in [0, 0.1) is 11.8 Å². The molecule has 1 atom stereocenters. The summed E-state index contributed by atoms with van der Waals surface area (Å²) < 4.78 is 0.964. The molecule has 0 radical (unpaired) electrons. The molecule has 0 saturated heterocycles. The molecule has 68 valence electrons. The Hall–Kier alpha value is -0.780. The van der Waals surface area contributed by atoms with Gasteiger partial charge in [-0.1, -0.05) is 30.9 Å². The van der Waals surface area contributed by atoms with Gasteiger partial charge in [0.2, 0.25) is 0 Å². The molecule has 0 fully saturated rings. The van der Waals surface area contributed by atoms with Crippen LogP contribution < -0.4 is 0 Å². The van der Waals surface area contributed by atoms with Gasteiger partial charge in [-0.15, -0.1) is 0 Å². The first-order chi connectivity index (χ1) is 6.24. The lowest BCUT2D eigenvalue weighted by atomic mass is 10.2. The SMILES string of the molecule is CCC(O)C#Cc1ccccc1Br. The first kappa shape index (κ1) is 10.3. The van der Waals surface area contributed by atoms with E-state index in [-0.39, 0.29) is 0 Å². The van der Waals surface area contributed by atoms with Crippen molar-refractivity contribution in [1.82, 2.24) is 0 Å². The Kier molecular flexibility index (Phi) is 4.01. The summed E-state index contributed by atoms with van der Waals surface area (Å²) in [6.45, 7) is 1.90. The molecule has 0 amide bonds. The first-order valence-corrected chi connectivity index (χ1v) is 4.97. The summed E-state index contributed by atoms with van der Waals surface area (Å²) in [6, 6.07) is 7.71. The van der Waals surface area contributed by atoms with Crippen LogP contribution in [0.15, 0.2) is 28.7 Å². The van der Waals surface area contributed by atoms with E-state index in [1.54, 1.807) is 0 Å². The third kappa shape index (κ3) is 3.22. The Morgan fingerprint density at radius 3 is 2.77 bits per heavy atom. The van der Waals surface area contributed by atoms with Crippen LogP contribution in [-0.2, 0) is 0 Å². The number of rotatable bonds is 1. The zero-order valence-corrected chi connectivity index (χ0v) is 9.01. The van der Waals surface area contributed by atoms with E-state index in [0.717, 1.165) is 10.0 Å². The molecule has 0 aliphatic rings. The Morgan fingerprint density at radius 1 is 1.46 bits per heavy atom. The van der Waals surface area contributed by atoms with E-state index in [9.17, 15) is 5.11 Å². The number of hydrogen-bond acceptors (Lipinski definition) is 1. The maximum Gasteiger partial charge on any atom is 0.114 e. The molecule has 1 unspecified atom stereocenters. The molecule has 1 N–H and O–H groups in total. The zero-order valence-electron chi connectivity index (χ0n) is 7.42. The Morgan fingerprint density at radius 2 is 2.15 bits per heavy atom. The van der Waals surface area contributed by atoms with Crippen molar-refractivity contribution >= 4 is 15.9 Å². The minimum absolute atomic E-state index is 0.521. The minimum atomic E-state index is -0.521. The monoisotopic (exact) mass is 238 g/mol. The molecule has 1 aromatic rings. The Bertz CT molecular complexity index is 335. The summed E-state index contributed by atoms with van der Waals surface area (Å²) in [7, 11) is 0. The molecule has 1 aromatic carbocycles. The molecule has 13 heavy (non-hydrogen) atoms. The third-order valence-corrected chi connectivity index (χ3v) is 2.33. The molecular formula is C11H11BrO. The van der Waals surface area contributed by atoms with Gasteiger partial charge >= 0.3 is 0 Å². The molecular weight excluding hydrogens is 228 g/mol. The van der Waals surface area contributed by atoms with Crippen LogP contribution in [0.5, 0.6) is 0 Å². The van der Waals surface area contributed by atoms with Gasteiger partial charge in [-0.2, -0.15) is 0 Å². The fraction of sp³-hybridized carbons (Fsp3) is 0.273. The number of aliphatic hydroxyl groups excluding tert-OH is 1. The fourth-order valence-electron chi connectivity index (χ4n) is 0.826. The van der Waals surface area contributed by atoms with Crippen molar-refractivity contribution < 1.29 is 5.11 Å². The lowest BCUT2D eigenvalue weighted by Gasteiger charge is -1.96. The number of halogens is 1. The lowest BCUT2D eigenvalue weighted by Crippen LogP contribution is -1.98. The molecule has 0 heterocycles. The Labute approximate surface area is 86.9 Å². The van der Waals surface area contributed by atoms with Crippen molar-refractivity contribution in [2.45, 2.75) is 19.4 Å². The molecule has 0 aliphatic heterocycles. The average molecular weight is 239 g/mol. The van der Waals surface area contributed by atoms with E-state index in [1.165, 1.54) is 0 Å². The molecule has 0 aromatic heterocycles. The molecule has 0 aliphatic carbocycles. The number of hydrogen-bond donors (Lipinski definition) is 1. The quantitative estimate of drug-likeness (QED) is 0.747. The average Bonchev–Trinajstić information content (AvgIpc) is 2.16. The van der Waals surface area contributed by atoms with E-state index in [4.69, 9.17) is 0 Å². The number of aliphatic hydroxyl groups is 1. The maximum atomic E-state index is 9.22. The van der Waals surface area contributed by atoms with Gasteiger partial charge in [-0.25, -0.2) is 0 Å². The van der Waals surface area contributed by atoms with Gasteiger partial charge in [0.25, 0.3) is 0 Å². The second-order valence-corrected chi connectivity index (χ2v) is 3.53. The van der Waals surface area contributed by atoms with Gasteiger partial charge in [0.05, 0.1) is 0 Å². The van der Waals surface area contributed by atoms with Crippen LogP contribution in [0.25, 0.3) is 0 Å². The first-order valence-electron chi connectivity index (χ1n) is 4.18. The normalized spacial score (nSPS) is 11.6. The van der Waals surface area contributed by atoms with Crippen LogP contribution in [0.4, 0.5) is 0 Å². The van der Waals surface area contributed by atoms with Gasteiger partial charge < -0.3 is 5.11 Å². The highest BCUT2D eigenvalue weighted by atomic mass is 79.9. The van der Waals surface area contributed by atoms with Crippen LogP contribution in [-0.4, -0.2) is 11.2 Å². The molecule has 2 heteroatoms. The highest BCUT2D eigenvalue weighted by molar-refractivity contribution is 9.10. The van der Waals surface area contributed by atoms with Crippen molar-refractivity contribution in [3.05, 3.63) is 34.3 Å². The highest BCUT2D eigenvalue weighted by Crippen LogP contribution is 2.14. The van der Waals surface area contributed by atoms with E-state index >= 15 is 0 Å². The highest BCUT2D eigenvalue weighted by Gasteiger charge is 1.94. The van der Waals surface area contributed by atoms with Crippen LogP contribution in [0.1, 0.15) is 18.9 Å². The number of benzene rings is 1. The van der Waals surface area contributed by atoms with Gasteiger partial charge in [-0.05, 0) is 34.5 Å². The Balaban J connectivity index is 2.83. The summed E-state index contributed by atoms with van der Waals surface area (Å²) in [5.41, 5.74) is 0.912. The van der Waals surface area contributed by atoms with Crippen molar-refractivity contribution in [3.8, 4) is 11.8 Å². The summed E-state index contributed by atoms with van der Waals surface area (Å²) in [5.74, 6) is 5.68. The summed E-state index contributed by atoms with van der Waals surface area (Å²) in [4.78, 5) is 0. The predicted octanol–water partition coefficient (Wildman–Crippen LogP) is 2.57. The van der Waals surface area contributed by atoms with Gasteiger partial charge in [-0.3, -0.25) is 0 Å². The van der Waals surface area contributed by atoms with E-state index in [1.807, 2.05) is 31.2 Å². The second-order valence-electron chi connectivity index (χ2n) is 2.67. The zero-order chi connectivity index (χ0) is 9.68. The van der Waals surface area contributed by atoms with Crippen LogP contribution in [0.3, 0.4) is 0 Å². The van der Waals surface area contributed by atoms with Crippen molar-refractivity contribution in [2.75, 3.05) is 0 Å². The van der Waals surface area contributed by atoms with Crippen LogP contribution >= 0.6 is 15.9 Å². The molecule has 0 spiro atoms. The summed E-state index contributed by atoms with van der Waals surface area (Å²) >= 11 is 3.38. The minimum Gasteiger partial charge on any atom is -0.380 e. The van der Waals surface area contributed by atoms with Gasteiger partial charge in [0.15, 0.2) is 0 Å². The summed E-state index contributed by atoms with van der Waals surface area (Å²) in [5, 5.41) is 9.22. The second kappa shape index (κ2) is 5.06. The van der Waals surface area contributed by atoms with E-state index < -0.39 is 6.10 Å². The topological polar surface area (TPSA) is 20.2 Å². The maximum absolute atomic E-state index is 9.22. The van der Waals surface area contributed by atoms with Gasteiger partial charge in [0.1, 0.15) is 6.10 Å². The molecule has 0 bridgehead atoms. The largest absolute Gasteiger partial charge is 0.380 e. The third-order valence-electron chi connectivity index (χ3n) is 1.63. The van der Waals surface area contributed by atoms with Crippen molar-refractivity contribution in [1.29, 1.82) is 0 Å². The van der Waals surface area contributed by atoms with E-state index in [0.29, 0.717) is 6.42 Å². The smallest absolute Gasteiger partial charge is 0.114 e. The van der Waals surface area contributed by atoms with E-state index in [2.05, 4.69) is 27.8 Å². The standard InChI is InChI=1S/C11H11BrO/c1-2-10(13)8-7-9-5-3-4-6-11(9)12/h3-6,10,13H,2H2,1H3. The van der Waals surface area contributed by atoms with Crippen LogP contribution in [0.2, 0.25) is 0 Å². The van der Waals surface area contributed by atoms with Crippen molar-refractivity contribution in [3.63, 3.8) is 0 Å². The van der Waals surface area contributed by atoms with Gasteiger partial charge in [0, 0.05) is 10.0 Å². The summed E-state index contributed by atoms with van der Waals surface area (Å²) in [6.07, 6.45) is 0.143. The molecule has 1 rings (SSSR count). The van der Waals surface area contributed by atoms with Crippen molar-refractivity contribution in [2.24, 2.45) is 0 Å². The lowest BCUT2D eigenvalue weighted by molar-refractivity contribution is 0.228.